The van der Waals surface area contributed by atoms with Crippen molar-refractivity contribution in [3.8, 4) is 5.88 Å². The van der Waals surface area contributed by atoms with Gasteiger partial charge in [-0.05, 0) is 17.5 Å². The molecule has 2 rings (SSSR count). The summed E-state index contributed by atoms with van der Waals surface area (Å²) in [6.45, 7) is 2.06. The second-order valence-corrected chi connectivity index (χ2v) is 4.08. The Hall–Kier alpha value is -2.30. The van der Waals surface area contributed by atoms with E-state index in [0.717, 1.165) is 12.0 Å². The van der Waals surface area contributed by atoms with E-state index in [4.69, 9.17) is 0 Å². The van der Waals surface area contributed by atoms with Crippen molar-refractivity contribution in [2.24, 2.45) is 0 Å². The third kappa shape index (κ3) is 2.51. The minimum absolute atomic E-state index is 0.166. The van der Waals surface area contributed by atoms with Crippen molar-refractivity contribution in [2.45, 2.75) is 19.8 Å². The minimum atomic E-state index is -0.706. The van der Waals surface area contributed by atoms with Crippen LogP contribution in [0.5, 0.6) is 5.88 Å². The van der Waals surface area contributed by atoms with Crippen molar-refractivity contribution in [3.05, 3.63) is 61.8 Å². The van der Waals surface area contributed by atoms with Gasteiger partial charge >= 0.3 is 5.69 Å². The maximum absolute atomic E-state index is 11.6. The van der Waals surface area contributed by atoms with Crippen LogP contribution in [0.15, 0.2) is 33.9 Å². The molecule has 5 nitrogen and oxygen atoms in total. The molecule has 3 N–H and O–H groups in total. The van der Waals surface area contributed by atoms with Crippen LogP contribution in [-0.2, 0) is 12.8 Å². The van der Waals surface area contributed by atoms with Crippen molar-refractivity contribution >= 4 is 0 Å². The number of aromatic nitrogens is 2. The van der Waals surface area contributed by atoms with Crippen molar-refractivity contribution in [3.63, 3.8) is 0 Å². The summed E-state index contributed by atoms with van der Waals surface area (Å²) in [5, 5.41) is 9.56. The fraction of sp³-hybridized carbons (Fsp3) is 0.231. The average molecular weight is 246 g/mol. The van der Waals surface area contributed by atoms with Crippen LogP contribution < -0.4 is 11.2 Å². The van der Waals surface area contributed by atoms with E-state index in [1.807, 2.05) is 24.3 Å². The Morgan fingerprint density at radius 3 is 2.22 bits per heavy atom. The van der Waals surface area contributed by atoms with Crippen LogP contribution in [0.4, 0.5) is 0 Å². The summed E-state index contributed by atoms with van der Waals surface area (Å²) in [4.78, 5) is 26.7. The minimum Gasteiger partial charge on any atom is -0.494 e. The number of rotatable bonds is 3. The molecular weight excluding hydrogens is 232 g/mol. The van der Waals surface area contributed by atoms with Crippen LogP contribution in [-0.4, -0.2) is 15.1 Å². The first-order chi connectivity index (χ1) is 8.60. The van der Waals surface area contributed by atoms with E-state index in [1.54, 1.807) is 0 Å². The van der Waals surface area contributed by atoms with Crippen molar-refractivity contribution in [1.29, 1.82) is 0 Å². The van der Waals surface area contributed by atoms with Crippen molar-refractivity contribution < 1.29 is 5.11 Å². The van der Waals surface area contributed by atoms with E-state index in [-0.39, 0.29) is 17.9 Å². The normalized spacial score (nSPS) is 10.5. The summed E-state index contributed by atoms with van der Waals surface area (Å²) >= 11 is 0. The number of hydrogen-bond donors (Lipinski definition) is 3. The standard InChI is InChI=1S/C13H14N2O3/c1-2-8-3-5-9(6-4-8)7-10-11(16)14-13(18)15-12(10)17/h3-6H,2,7H2,1H3,(H3,14,15,16,17,18). The molecule has 1 aromatic heterocycles. The summed E-state index contributed by atoms with van der Waals surface area (Å²) in [6.07, 6.45) is 1.23. The molecule has 0 aliphatic rings. The van der Waals surface area contributed by atoms with Gasteiger partial charge in [-0.2, -0.15) is 0 Å². The van der Waals surface area contributed by atoms with Gasteiger partial charge in [0, 0.05) is 6.42 Å². The molecule has 0 saturated carbocycles. The number of benzene rings is 1. The van der Waals surface area contributed by atoms with Crippen LogP contribution in [0.25, 0.3) is 0 Å². The molecule has 18 heavy (non-hydrogen) atoms. The van der Waals surface area contributed by atoms with Crippen molar-refractivity contribution in [1.82, 2.24) is 9.97 Å². The first kappa shape index (κ1) is 12.2. The lowest BCUT2D eigenvalue weighted by molar-refractivity contribution is 0.441. The van der Waals surface area contributed by atoms with E-state index in [2.05, 4.69) is 16.9 Å². The second-order valence-electron chi connectivity index (χ2n) is 4.08. The van der Waals surface area contributed by atoms with Crippen molar-refractivity contribution in [2.75, 3.05) is 0 Å². The predicted octanol–water partition coefficient (Wildman–Crippen LogP) is 0.922. The van der Waals surface area contributed by atoms with Gasteiger partial charge in [0.15, 0.2) is 0 Å². The number of aromatic amines is 2. The lowest BCUT2D eigenvalue weighted by Gasteiger charge is -2.04. The topological polar surface area (TPSA) is 85.9 Å². The largest absolute Gasteiger partial charge is 0.494 e. The van der Waals surface area contributed by atoms with Crippen LogP contribution in [0.2, 0.25) is 0 Å². The molecule has 0 unspecified atom stereocenters. The number of H-pyrrole nitrogens is 2. The molecule has 5 heteroatoms. The van der Waals surface area contributed by atoms with E-state index < -0.39 is 11.2 Å². The van der Waals surface area contributed by atoms with Gasteiger partial charge in [0.05, 0.1) is 5.56 Å². The smallest absolute Gasteiger partial charge is 0.328 e. The zero-order valence-electron chi connectivity index (χ0n) is 9.99. The van der Waals surface area contributed by atoms with E-state index in [0.29, 0.717) is 0 Å². The van der Waals surface area contributed by atoms with Crippen LogP contribution in [0, 0.1) is 0 Å². The highest BCUT2D eigenvalue weighted by Gasteiger charge is 2.09. The summed E-state index contributed by atoms with van der Waals surface area (Å²) in [5.74, 6) is -0.372. The highest BCUT2D eigenvalue weighted by Crippen LogP contribution is 2.13. The molecule has 2 aromatic rings. The average Bonchev–Trinajstić information content (AvgIpc) is 2.34. The molecule has 0 fully saturated rings. The molecular formula is C13H14N2O3. The number of aryl methyl sites for hydroxylation is 1. The Labute approximate surface area is 103 Å². The summed E-state index contributed by atoms with van der Waals surface area (Å²) in [7, 11) is 0. The van der Waals surface area contributed by atoms with Gasteiger partial charge < -0.3 is 5.11 Å². The Bertz CT molecular complexity index is 653. The number of nitrogens with one attached hydrogen (secondary N) is 2. The summed E-state index contributed by atoms with van der Waals surface area (Å²) < 4.78 is 0. The lowest BCUT2D eigenvalue weighted by atomic mass is 10.0. The monoisotopic (exact) mass is 246 g/mol. The molecule has 1 heterocycles. The first-order valence-corrected chi connectivity index (χ1v) is 5.72. The quantitative estimate of drug-likeness (QED) is 0.752. The van der Waals surface area contributed by atoms with Gasteiger partial charge in [0.2, 0.25) is 5.88 Å². The molecule has 0 aliphatic heterocycles. The van der Waals surface area contributed by atoms with Gasteiger partial charge in [-0.25, -0.2) is 4.79 Å². The number of aromatic hydroxyl groups is 1. The van der Waals surface area contributed by atoms with Gasteiger partial charge in [-0.3, -0.25) is 14.8 Å². The van der Waals surface area contributed by atoms with Crippen LogP contribution in [0.1, 0.15) is 23.6 Å². The Morgan fingerprint density at radius 2 is 1.67 bits per heavy atom. The lowest BCUT2D eigenvalue weighted by Crippen LogP contribution is -2.25. The molecule has 0 saturated heterocycles. The van der Waals surface area contributed by atoms with Crippen LogP contribution in [0.3, 0.4) is 0 Å². The maximum Gasteiger partial charge on any atom is 0.328 e. The zero-order chi connectivity index (χ0) is 13.1. The molecule has 0 atom stereocenters. The van der Waals surface area contributed by atoms with Gasteiger partial charge in [-0.1, -0.05) is 31.2 Å². The maximum atomic E-state index is 11.6. The first-order valence-electron chi connectivity index (χ1n) is 5.72. The molecule has 0 amide bonds. The van der Waals surface area contributed by atoms with Gasteiger partial charge in [0.1, 0.15) is 0 Å². The molecule has 0 spiro atoms. The fourth-order valence-electron chi connectivity index (χ4n) is 1.76. The van der Waals surface area contributed by atoms with Gasteiger partial charge in [0.25, 0.3) is 5.56 Å². The second kappa shape index (κ2) is 4.91. The Balaban J connectivity index is 2.34. The SMILES string of the molecule is CCc1ccc(Cc2c(O)[nH]c(=O)[nH]c2=O)cc1. The Morgan fingerprint density at radius 1 is 1.06 bits per heavy atom. The van der Waals surface area contributed by atoms with Crippen LogP contribution >= 0.6 is 0 Å². The third-order valence-electron chi connectivity index (χ3n) is 2.83. The molecule has 94 valence electrons. The highest BCUT2D eigenvalue weighted by molar-refractivity contribution is 5.31. The van der Waals surface area contributed by atoms with E-state index in [9.17, 15) is 14.7 Å². The van der Waals surface area contributed by atoms with E-state index >= 15 is 0 Å². The Kier molecular flexibility index (Phi) is 3.32. The molecule has 0 aliphatic carbocycles. The van der Waals surface area contributed by atoms with E-state index in [1.165, 1.54) is 5.56 Å². The fourth-order valence-corrected chi connectivity index (χ4v) is 1.76. The molecule has 0 bridgehead atoms. The molecule has 1 aromatic carbocycles. The van der Waals surface area contributed by atoms with Gasteiger partial charge in [-0.15, -0.1) is 0 Å². The highest BCUT2D eigenvalue weighted by atomic mass is 16.3. The summed E-state index contributed by atoms with van der Waals surface area (Å²) in [5.41, 5.74) is 1.01. The summed E-state index contributed by atoms with van der Waals surface area (Å²) in [6, 6.07) is 7.77. The molecule has 0 radical (unpaired) electrons. The predicted molar refractivity (Wildman–Crippen MR) is 68.0 cm³/mol. The zero-order valence-corrected chi connectivity index (χ0v) is 9.99. The third-order valence-corrected chi connectivity index (χ3v) is 2.83. The number of hydrogen-bond acceptors (Lipinski definition) is 3.